The fourth-order valence-corrected chi connectivity index (χ4v) is 1.97. The molecule has 1 fully saturated rings. The standard InChI is InChI=1S/C13H27N3O2.HI/c1-3-16(4-2)13(14)15-7-5-8-17-10-12-6-9-18-11-12;/h12H,3-11H2,1-2H3,(H2,14,15);1H. The van der Waals surface area contributed by atoms with E-state index < -0.39 is 0 Å². The summed E-state index contributed by atoms with van der Waals surface area (Å²) >= 11 is 0. The molecule has 19 heavy (non-hydrogen) atoms. The third-order valence-electron chi connectivity index (χ3n) is 3.19. The molecule has 0 amide bonds. The van der Waals surface area contributed by atoms with Gasteiger partial charge in [0.15, 0.2) is 5.96 Å². The van der Waals surface area contributed by atoms with E-state index in [2.05, 4.69) is 23.7 Å². The van der Waals surface area contributed by atoms with E-state index in [0.29, 0.717) is 11.9 Å². The molecule has 0 aliphatic carbocycles. The number of halogens is 1. The molecule has 6 heteroatoms. The number of rotatable bonds is 8. The minimum Gasteiger partial charge on any atom is -0.381 e. The van der Waals surface area contributed by atoms with Crippen molar-refractivity contribution in [3.05, 3.63) is 0 Å². The van der Waals surface area contributed by atoms with Crippen molar-refractivity contribution < 1.29 is 9.47 Å². The first-order chi connectivity index (χ1) is 8.77. The van der Waals surface area contributed by atoms with Crippen LogP contribution in [0.5, 0.6) is 0 Å². The van der Waals surface area contributed by atoms with Crippen LogP contribution in [0.2, 0.25) is 0 Å². The highest BCUT2D eigenvalue weighted by molar-refractivity contribution is 14.0. The van der Waals surface area contributed by atoms with Crippen molar-refractivity contribution in [1.82, 2.24) is 4.90 Å². The van der Waals surface area contributed by atoms with Crippen molar-refractivity contribution in [2.24, 2.45) is 16.6 Å². The lowest BCUT2D eigenvalue weighted by Crippen LogP contribution is -2.37. The zero-order valence-corrected chi connectivity index (χ0v) is 14.5. The Bertz CT molecular complexity index is 242. The Hall–Kier alpha value is -0.0800. The molecule has 5 nitrogen and oxygen atoms in total. The monoisotopic (exact) mass is 385 g/mol. The second kappa shape index (κ2) is 11.7. The Balaban J connectivity index is 0.00000324. The highest BCUT2D eigenvalue weighted by atomic mass is 127. The van der Waals surface area contributed by atoms with Gasteiger partial charge in [-0.25, -0.2) is 0 Å². The van der Waals surface area contributed by atoms with Crippen molar-refractivity contribution in [2.75, 3.05) is 46.1 Å². The molecule has 0 spiro atoms. The topological polar surface area (TPSA) is 60.1 Å². The molecule has 0 bridgehead atoms. The minimum atomic E-state index is 0. The number of hydrogen-bond acceptors (Lipinski definition) is 3. The van der Waals surface area contributed by atoms with Gasteiger partial charge in [-0.05, 0) is 26.7 Å². The van der Waals surface area contributed by atoms with Crippen LogP contribution in [0.4, 0.5) is 0 Å². The Morgan fingerprint density at radius 2 is 2.16 bits per heavy atom. The minimum absolute atomic E-state index is 0. The van der Waals surface area contributed by atoms with Gasteiger partial charge >= 0.3 is 0 Å². The summed E-state index contributed by atoms with van der Waals surface area (Å²) in [5, 5.41) is 0. The van der Waals surface area contributed by atoms with E-state index in [4.69, 9.17) is 15.2 Å². The summed E-state index contributed by atoms with van der Waals surface area (Å²) in [5.41, 5.74) is 5.87. The summed E-state index contributed by atoms with van der Waals surface area (Å²) in [6.07, 6.45) is 2.06. The van der Waals surface area contributed by atoms with Gasteiger partial charge < -0.3 is 20.1 Å². The molecule has 0 aromatic carbocycles. The van der Waals surface area contributed by atoms with Gasteiger partial charge in [0.25, 0.3) is 0 Å². The third kappa shape index (κ3) is 7.94. The lowest BCUT2D eigenvalue weighted by molar-refractivity contribution is 0.0893. The average Bonchev–Trinajstić information content (AvgIpc) is 2.88. The van der Waals surface area contributed by atoms with Crippen molar-refractivity contribution in [3.8, 4) is 0 Å². The van der Waals surface area contributed by atoms with Crippen LogP contribution in [0.1, 0.15) is 26.7 Å². The van der Waals surface area contributed by atoms with Gasteiger partial charge in [0.05, 0.1) is 13.2 Å². The lowest BCUT2D eigenvalue weighted by atomic mass is 10.1. The van der Waals surface area contributed by atoms with Gasteiger partial charge in [0.1, 0.15) is 0 Å². The summed E-state index contributed by atoms with van der Waals surface area (Å²) < 4.78 is 10.9. The van der Waals surface area contributed by atoms with E-state index >= 15 is 0 Å². The first-order valence-corrected chi connectivity index (χ1v) is 6.98. The molecule has 0 saturated carbocycles. The molecule has 1 saturated heterocycles. The van der Waals surface area contributed by atoms with Gasteiger partial charge in [-0.1, -0.05) is 0 Å². The predicted octanol–water partition coefficient (Wildman–Crippen LogP) is 1.70. The van der Waals surface area contributed by atoms with E-state index in [1.165, 1.54) is 0 Å². The van der Waals surface area contributed by atoms with Gasteiger partial charge in [-0.15, -0.1) is 24.0 Å². The summed E-state index contributed by atoms with van der Waals surface area (Å²) in [6.45, 7) is 10.0. The number of aliphatic imine (C=N–C) groups is 1. The van der Waals surface area contributed by atoms with Gasteiger partial charge in [-0.3, -0.25) is 4.99 Å². The van der Waals surface area contributed by atoms with E-state index in [1.807, 2.05) is 0 Å². The van der Waals surface area contributed by atoms with Crippen LogP contribution in [0.3, 0.4) is 0 Å². The van der Waals surface area contributed by atoms with Crippen molar-refractivity contribution >= 4 is 29.9 Å². The van der Waals surface area contributed by atoms with Crippen LogP contribution in [0.25, 0.3) is 0 Å². The van der Waals surface area contributed by atoms with Crippen LogP contribution in [-0.4, -0.2) is 56.9 Å². The number of ether oxygens (including phenoxy) is 2. The molecule has 1 aliphatic heterocycles. The zero-order chi connectivity index (χ0) is 13.2. The van der Waals surface area contributed by atoms with Crippen LogP contribution in [0, 0.1) is 5.92 Å². The number of nitrogens with two attached hydrogens (primary N) is 1. The van der Waals surface area contributed by atoms with Crippen LogP contribution >= 0.6 is 24.0 Å². The molecule has 1 atom stereocenters. The molecular weight excluding hydrogens is 357 g/mol. The van der Waals surface area contributed by atoms with Gasteiger partial charge in [0.2, 0.25) is 0 Å². The molecule has 114 valence electrons. The predicted molar refractivity (Wildman–Crippen MR) is 89.2 cm³/mol. The third-order valence-corrected chi connectivity index (χ3v) is 3.19. The molecule has 1 aliphatic rings. The molecular formula is C13H28IN3O2. The Morgan fingerprint density at radius 1 is 1.42 bits per heavy atom. The molecule has 1 rings (SSSR count). The fraction of sp³-hybridized carbons (Fsp3) is 0.923. The van der Waals surface area contributed by atoms with E-state index in [-0.39, 0.29) is 24.0 Å². The number of hydrogen-bond donors (Lipinski definition) is 1. The van der Waals surface area contributed by atoms with Crippen molar-refractivity contribution in [1.29, 1.82) is 0 Å². The first kappa shape index (κ1) is 18.9. The molecule has 2 N–H and O–H groups in total. The van der Waals surface area contributed by atoms with E-state index in [0.717, 1.165) is 58.9 Å². The van der Waals surface area contributed by atoms with Crippen LogP contribution in [0.15, 0.2) is 4.99 Å². The Morgan fingerprint density at radius 3 is 2.74 bits per heavy atom. The fourth-order valence-electron chi connectivity index (χ4n) is 1.97. The van der Waals surface area contributed by atoms with Crippen LogP contribution < -0.4 is 5.73 Å². The quantitative estimate of drug-likeness (QED) is 0.299. The lowest BCUT2D eigenvalue weighted by Gasteiger charge is -2.19. The average molecular weight is 385 g/mol. The first-order valence-electron chi connectivity index (χ1n) is 6.98. The molecule has 1 unspecified atom stereocenters. The van der Waals surface area contributed by atoms with Crippen molar-refractivity contribution in [2.45, 2.75) is 26.7 Å². The smallest absolute Gasteiger partial charge is 0.191 e. The van der Waals surface area contributed by atoms with E-state index in [1.54, 1.807) is 0 Å². The highest BCUT2D eigenvalue weighted by Gasteiger charge is 2.15. The Kier molecular flexibility index (Phi) is 11.7. The summed E-state index contributed by atoms with van der Waals surface area (Å²) in [7, 11) is 0. The maximum atomic E-state index is 5.87. The highest BCUT2D eigenvalue weighted by Crippen LogP contribution is 2.12. The van der Waals surface area contributed by atoms with Gasteiger partial charge in [0, 0.05) is 38.8 Å². The zero-order valence-electron chi connectivity index (χ0n) is 12.1. The second-order valence-electron chi connectivity index (χ2n) is 4.57. The SMILES string of the molecule is CCN(CC)C(N)=NCCCOCC1CCOC1.I. The molecule has 0 aromatic rings. The van der Waals surface area contributed by atoms with E-state index in [9.17, 15) is 0 Å². The summed E-state index contributed by atoms with van der Waals surface area (Å²) in [5.74, 6) is 1.23. The summed E-state index contributed by atoms with van der Waals surface area (Å²) in [4.78, 5) is 6.40. The Labute approximate surface area is 133 Å². The largest absolute Gasteiger partial charge is 0.381 e. The molecule has 0 radical (unpaired) electrons. The summed E-state index contributed by atoms with van der Waals surface area (Å²) in [6, 6.07) is 0. The molecule has 0 aromatic heterocycles. The normalized spacial score (nSPS) is 19.3. The van der Waals surface area contributed by atoms with Crippen molar-refractivity contribution in [3.63, 3.8) is 0 Å². The van der Waals surface area contributed by atoms with Gasteiger partial charge in [-0.2, -0.15) is 0 Å². The maximum absolute atomic E-state index is 5.87. The number of nitrogens with zero attached hydrogens (tertiary/aromatic N) is 2. The maximum Gasteiger partial charge on any atom is 0.191 e. The number of guanidine groups is 1. The molecule has 1 heterocycles. The van der Waals surface area contributed by atoms with Crippen LogP contribution in [-0.2, 0) is 9.47 Å². The second-order valence-corrected chi connectivity index (χ2v) is 4.57.